The maximum atomic E-state index is 15.6. The molecule has 230 valence electrons. The van der Waals surface area contributed by atoms with Crippen molar-refractivity contribution in [2.75, 3.05) is 33.4 Å². The van der Waals surface area contributed by atoms with Gasteiger partial charge in [-0.05, 0) is 68.0 Å². The number of imidazole rings is 1. The predicted octanol–water partition coefficient (Wildman–Crippen LogP) is 5.22. The van der Waals surface area contributed by atoms with Gasteiger partial charge in [0.15, 0.2) is 5.65 Å². The molecule has 1 saturated heterocycles. The van der Waals surface area contributed by atoms with E-state index in [1.165, 1.54) is 16.8 Å². The third-order valence-electron chi connectivity index (χ3n) is 9.19. The summed E-state index contributed by atoms with van der Waals surface area (Å²) < 4.78 is 57.4. The number of piperidine rings is 1. The molecule has 1 aliphatic heterocycles. The molecule has 9 nitrogen and oxygen atoms in total. The van der Waals surface area contributed by atoms with Gasteiger partial charge in [-0.25, -0.2) is 13.6 Å². The molecule has 4 aromatic rings. The molecule has 43 heavy (non-hydrogen) atoms. The van der Waals surface area contributed by atoms with E-state index in [1.807, 2.05) is 6.07 Å². The van der Waals surface area contributed by atoms with E-state index in [0.29, 0.717) is 34.4 Å². The predicted molar refractivity (Wildman–Crippen MR) is 157 cm³/mol. The van der Waals surface area contributed by atoms with Crippen molar-refractivity contribution in [1.82, 2.24) is 29.2 Å². The monoisotopic (exact) mass is 598 g/mol. The van der Waals surface area contributed by atoms with Crippen LogP contribution >= 0.6 is 0 Å². The molecule has 0 spiro atoms. The molecule has 3 aromatic heterocycles. The van der Waals surface area contributed by atoms with E-state index in [2.05, 4.69) is 33.9 Å². The van der Waals surface area contributed by atoms with Crippen LogP contribution in [-0.4, -0.2) is 75.1 Å². The first kappa shape index (κ1) is 29.7. The molecule has 4 heterocycles. The minimum absolute atomic E-state index is 0.0214. The Labute approximate surface area is 247 Å². The highest BCUT2D eigenvalue weighted by molar-refractivity contribution is 6.02. The molecule has 2 fully saturated rings. The molecule has 0 bridgehead atoms. The topological polar surface area (TPSA) is 87.3 Å². The zero-order valence-electron chi connectivity index (χ0n) is 24.9. The lowest BCUT2D eigenvalue weighted by Crippen LogP contribution is -2.41. The van der Waals surface area contributed by atoms with Crippen LogP contribution in [0.4, 0.5) is 13.2 Å². The number of rotatable bonds is 9. The van der Waals surface area contributed by atoms with Gasteiger partial charge in [-0.3, -0.25) is 14.1 Å². The van der Waals surface area contributed by atoms with Crippen molar-refractivity contribution in [2.24, 2.45) is 12.5 Å². The Morgan fingerprint density at radius 3 is 2.47 bits per heavy atom. The third kappa shape index (κ3) is 5.44. The Morgan fingerprint density at radius 1 is 1.09 bits per heavy atom. The average molecular weight is 599 g/mol. The first-order valence-corrected chi connectivity index (χ1v) is 14.7. The Kier molecular flexibility index (Phi) is 7.80. The van der Waals surface area contributed by atoms with E-state index in [0.717, 1.165) is 44.2 Å². The van der Waals surface area contributed by atoms with E-state index in [9.17, 15) is 13.6 Å². The summed E-state index contributed by atoms with van der Waals surface area (Å²) in [5.74, 6) is -3.32. The standard InChI is InChI=1S/C31H37F3N6O3/c1-30(2)9-11-39(12-10-30)13-14-43-31(34,28(32)33)25-8-6-20(18-35-25)19-5-7-24-23(15-19)26-27(37-36-24)38(3)29(41)40(26)21-16-22(17-21)42-4/h5-8,15,18,21-22,28H,9-14,16-17H2,1-4H3. The fraction of sp³-hybridized carbons (Fsp3) is 0.548. The quantitative estimate of drug-likeness (QED) is 0.261. The van der Waals surface area contributed by atoms with Crippen LogP contribution in [0.15, 0.2) is 41.3 Å². The maximum absolute atomic E-state index is 15.6. The molecular formula is C31H37F3N6O3. The summed E-state index contributed by atoms with van der Waals surface area (Å²) in [6, 6.07) is 8.24. The van der Waals surface area contributed by atoms with Crippen LogP contribution in [0, 0.1) is 5.41 Å². The number of alkyl halides is 3. The molecule has 1 aliphatic carbocycles. The molecule has 1 unspecified atom stereocenters. The molecule has 1 atom stereocenters. The number of benzene rings is 1. The van der Waals surface area contributed by atoms with Gasteiger partial charge in [-0.2, -0.15) is 4.39 Å². The maximum Gasteiger partial charge on any atom is 0.330 e. The van der Waals surface area contributed by atoms with E-state index in [1.54, 1.807) is 36.9 Å². The summed E-state index contributed by atoms with van der Waals surface area (Å²) in [7, 11) is 3.33. The smallest absolute Gasteiger partial charge is 0.330 e. The zero-order valence-corrected chi connectivity index (χ0v) is 24.9. The number of methoxy groups -OCH3 is 1. The van der Waals surface area contributed by atoms with Gasteiger partial charge < -0.3 is 14.4 Å². The number of nitrogens with zero attached hydrogens (tertiary/aromatic N) is 6. The Balaban J connectivity index is 1.26. The van der Waals surface area contributed by atoms with Gasteiger partial charge in [-0.15, -0.1) is 10.2 Å². The average Bonchev–Trinajstić information content (AvgIpc) is 3.22. The van der Waals surface area contributed by atoms with Crippen molar-refractivity contribution >= 4 is 22.1 Å². The van der Waals surface area contributed by atoms with Gasteiger partial charge >= 0.3 is 18.0 Å². The fourth-order valence-corrected chi connectivity index (χ4v) is 6.07. The highest BCUT2D eigenvalue weighted by atomic mass is 19.3. The molecule has 6 rings (SSSR count). The number of aryl methyl sites for hydroxylation is 1. The van der Waals surface area contributed by atoms with Gasteiger partial charge in [0.1, 0.15) is 11.2 Å². The van der Waals surface area contributed by atoms with E-state index >= 15 is 4.39 Å². The molecule has 2 aliphatic rings. The molecule has 1 saturated carbocycles. The normalized spacial score (nSPS) is 22.2. The van der Waals surface area contributed by atoms with Crippen LogP contribution in [-0.2, 0) is 22.4 Å². The van der Waals surface area contributed by atoms with Gasteiger partial charge in [0.2, 0.25) is 0 Å². The number of aromatic nitrogens is 5. The van der Waals surface area contributed by atoms with Crippen LogP contribution in [0.25, 0.3) is 33.2 Å². The second-order valence-electron chi connectivity index (χ2n) is 12.5. The summed E-state index contributed by atoms with van der Waals surface area (Å²) in [5.41, 5.74) is 2.65. The lowest BCUT2D eigenvalue weighted by molar-refractivity contribution is -0.234. The van der Waals surface area contributed by atoms with Crippen LogP contribution in [0.1, 0.15) is 51.3 Å². The van der Waals surface area contributed by atoms with Crippen molar-refractivity contribution in [3.05, 3.63) is 52.7 Å². The summed E-state index contributed by atoms with van der Waals surface area (Å²) in [6.07, 6.45) is 1.49. The second kappa shape index (κ2) is 11.3. The van der Waals surface area contributed by atoms with Crippen LogP contribution in [0.5, 0.6) is 0 Å². The molecule has 0 radical (unpaired) electrons. The van der Waals surface area contributed by atoms with Crippen molar-refractivity contribution < 1.29 is 22.6 Å². The van der Waals surface area contributed by atoms with Gasteiger partial charge in [0.05, 0.1) is 18.2 Å². The number of hydrogen-bond acceptors (Lipinski definition) is 7. The highest BCUT2D eigenvalue weighted by Crippen LogP contribution is 2.38. The van der Waals surface area contributed by atoms with Gasteiger partial charge in [0.25, 0.3) is 0 Å². The molecule has 0 amide bonds. The summed E-state index contributed by atoms with van der Waals surface area (Å²) >= 11 is 0. The fourth-order valence-electron chi connectivity index (χ4n) is 6.07. The molecular weight excluding hydrogens is 561 g/mol. The van der Waals surface area contributed by atoms with E-state index < -0.39 is 18.0 Å². The largest absolute Gasteiger partial charge is 0.381 e. The number of hydrogen-bond donors (Lipinski definition) is 0. The minimum atomic E-state index is -3.40. The summed E-state index contributed by atoms with van der Waals surface area (Å²) in [4.78, 5) is 19.4. The molecule has 1 aromatic carbocycles. The van der Waals surface area contributed by atoms with E-state index in [-0.39, 0.29) is 29.9 Å². The van der Waals surface area contributed by atoms with Crippen molar-refractivity contribution in [3.63, 3.8) is 0 Å². The van der Waals surface area contributed by atoms with Crippen molar-refractivity contribution in [1.29, 1.82) is 0 Å². The van der Waals surface area contributed by atoms with Crippen LogP contribution in [0.2, 0.25) is 0 Å². The van der Waals surface area contributed by atoms with E-state index in [4.69, 9.17) is 9.47 Å². The number of likely N-dealkylation sites (tertiary alicyclic amines) is 1. The Morgan fingerprint density at radius 2 is 1.81 bits per heavy atom. The molecule has 12 heteroatoms. The van der Waals surface area contributed by atoms with Gasteiger partial charge in [-0.1, -0.05) is 26.0 Å². The number of halogens is 3. The zero-order chi connectivity index (χ0) is 30.5. The molecule has 0 N–H and O–H groups in total. The lowest BCUT2D eigenvalue weighted by Gasteiger charge is -2.37. The summed E-state index contributed by atoms with van der Waals surface area (Å²) in [5, 5.41) is 9.34. The SMILES string of the molecule is COC1CC(n2c(=O)n(C)c3nnc4ccc(-c5ccc(C(F)(OCCN6CCC(C)(C)CC6)C(F)F)nc5)cc4c32)C1. The van der Waals surface area contributed by atoms with Crippen LogP contribution in [0.3, 0.4) is 0 Å². The Bertz CT molecular complexity index is 1670. The lowest BCUT2D eigenvalue weighted by atomic mass is 9.83. The van der Waals surface area contributed by atoms with Gasteiger partial charge in [0, 0.05) is 43.9 Å². The number of ether oxygens (including phenoxy) is 2. The Hall–Kier alpha value is -3.35. The first-order chi connectivity index (χ1) is 20.5. The van der Waals surface area contributed by atoms with Crippen molar-refractivity contribution in [3.8, 4) is 11.1 Å². The summed E-state index contributed by atoms with van der Waals surface area (Å²) in [6.45, 7) is 6.27. The highest BCUT2D eigenvalue weighted by Gasteiger charge is 2.45. The number of pyridine rings is 1. The second-order valence-corrected chi connectivity index (χ2v) is 12.5. The van der Waals surface area contributed by atoms with Crippen molar-refractivity contribution in [2.45, 2.75) is 64.0 Å². The van der Waals surface area contributed by atoms with Crippen LogP contribution < -0.4 is 5.69 Å². The third-order valence-corrected chi connectivity index (χ3v) is 9.19. The first-order valence-electron chi connectivity index (χ1n) is 14.7. The minimum Gasteiger partial charge on any atom is -0.381 e. The number of fused-ring (bicyclic) bond motifs is 3.